The lowest BCUT2D eigenvalue weighted by Crippen LogP contribution is -2.36. The maximum Gasteiger partial charge on any atom is 0.419 e. The Kier molecular flexibility index (Phi) is 4.68. The van der Waals surface area contributed by atoms with Crippen LogP contribution >= 0.6 is 0 Å². The lowest BCUT2D eigenvalue weighted by molar-refractivity contribution is -0.115. The Morgan fingerprint density at radius 1 is 1.11 bits per heavy atom. The normalized spacial score (nSPS) is 14.5. The molecule has 2 aromatic carbocycles. The molecule has 0 unspecified atom stereocenters. The monoisotopic (exact) mass is 367 g/mol. The van der Waals surface area contributed by atoms with E-state index in [9.17, 15) is 9.59 Å². The van der Waals surface area contributed by atoms with Crippen LogP contribution in [0.25, 0.3) is 11.1 Å². The van der Waals surface area contributed by atoms with Crippen molar-refractivity contribution in [1.29, 1.82) is 0 Å². The molecule has 1 fully saturated rings. The van der Waals surface area contributed by atoms with Gasteiger partial charge in [0.1, 0.15) is 0 Å². The van der Waals surface area contributed by atoms with Gasteiger partial charge in [0, 0.05) is 31.5 Å². The van der Waals surface area contributed by atoms with Gasteiger partial charge in [0.25, 0.3) is 0 Å². The average molecular weight is 367 g/mol. The van der Waals surface area contributed by atoms with Crippen LogP contribution in [0.15, 0.2) is 51.7 Å². The van der Waals surface area contributed by atoms with Crippen molar-refractivity contribution in [2.75, 3.05) is 36.5 Å². The van der Waals surface area contributed by atoms with E-state index in [2.05, 4.69) is 10.2 Å². The number of aromatic nitrogens is 1. The first-order chi connectivity index (χ1) is 13.1. The number of rotatable bonds is 4. The third-order valence-corrected chi connectivity index (χ3v) is 4.75. The highest BCUT2D eigenvalue weighted by Crippen LogP contribution is 2.19. The molecule has 0 atom stereocenters. The molecule has 1 amide bonds. The number of morpholine rings is 1. The third-order valence-electron chi connectivity index (χ3n) is 4.75. The fraction of sp³-hybridized carbons (Fsp3) is 0.300. The molecule has 7 nitrogen and oxygen atoms in total. The van der Waals surface area contributed by atoms with Crippen molar-refractivity contribution in [2.24, 2.45) is 7.05 Å². The van der Waals surface area contributed by atoms with E-state index in [0.29, 0.717) is 16.8 Å². The number of fused-ring (bicyclic) bond motifs is 1. The van der Waals surface area contributed by atoms with Gasteiger partial charge in [0.05, 0.1) is 25.2 Å². The van der Waals surface area contributed by atoms with Gasteiger partial charge in [-0.15, -0.1) is 0 Å². The van der Waals surface area contributed by atoms with Crippen LogP contribution in [0.4, 0.5) is 11.4 Å². The van der Waals surface area contributed by atoms with E-state index in [4.69, 9.17) is 9.15 Å². The molecule has 0 aliphatic carbocycles. The lowest BCUT2D eigenvalue weighted by atomic mass is 10.1. The number of aryl methyl sites for hydroxylation is 1. The fourth-order valence-corrected chi connectivity index (χ4v) is 3.24. The Bertz CT molecular complexity index is 1010. The van der Waals surface area contributed by atoms with Gasteiger partial charge in [0.2, 0.25) is 5.91 Å². The molecule has 0 bridgehead atoms. The fourth-order valence-electron chi connectivity index (χ4n) is 3.24. The zero-order valence-corrected chi connectivity index (χ0v) is 15.1. The molecule has 0 saturated carbocycles. The highest BCUT2D eigenvalue weighted by atomic mass is 16.5. The number of amides is 1. The lowest BCUT2D eigenvalue weighted by Gasteiger charge is -2.28. The summed E-state index contributed by atoms with van der Waals surface area (Å²) in [5, 5.41) is 2.87. The molecule has 4 rings (SSSR count). The first kappa shape index (κ1) is 17.4. The summed E-state index contributed by atoms with van der Waals surface area (Å²) in [6.07, 6.45) is 0.283. The average Bonchev–Trinajstić information content (AvgIpc) is 2.97. The molecule has 1 aliphatic rings. The number of anilines is 2. The van der Waals surface area contributed by atoms with E-state index in [1.807, 2.05) is 24.3 Å². The highest BCUT2D eigenvalue weighted by Gasteiger charge is 2.12. The number of hydrogen-bond donors (Lipinski definition) is 1. The molecule has 1 saturated heterocycles. The summed E-state index contributed by atoms with van der Waals surface area (Å²) in [6.45, 7) is 3.27. The molecule has 3 aromatic rings. The number of nitrogens with zero attached hydrogens (tertiary/aromatic N) is 2. The van der Waals surface area contributed by atoms with Crippen molar-refractivity contribution in [2.45, 2.75) is 6.42 Å². The second kappa shape index (κ2) is 7.28. The van der Waals surface area contributed by atoms with Crippen LogP contribution in [0.3, 0.4) is 0 Å². The summed E-state index contributed by atoms with van der Waals surface area (Å²) >= 11 is 0. The minimum atomic E-state index is -0.422. The van der Waals surface area contributed by atoms with Crippen LogP contribution in [-0.4, -0.2) is 36.8 Å². The van der Waals surface area contributed by atoms with Gasteiger partial charge in [0.15, 0.2) is 5.58 Å². The highest BCUT2D eigenvalue weighted by molar-refractivity contribution is 5.94. The summed E-state index contributed by atoms with van der Waals surface area (Å²) in [5.41, 5.74) is 3.87. The van der Waals surface area contributed by atoms with E-state index >= 15 is 0 Å². The van der Waals surface area contributed by atoms with Gasteiger partial charge in [-0.1, -0.05) is 12.1 Å². The number of hydrogen-bond acceptors (Lipinski definition) is 5. The van der Waals surface area contributed by atoms with Crippen molar-refractivity contribution in [1.82, 2.24) is 4.57 Å². The summed E-state index contributed by atoms with van der Waals surface area (Å²) in [4.78, 5) is 26.2. The van der Waals surface area contributed by atoms with Gasteiger partial charge >= 0.3 is 5.76 Å². The van der Waals surface area contributed by atoms with Gasteiger partial charge in [-0.05, 0) is 35.9 Å². The summed E-state index contributed by atoms with van der Waals surface area (Å²) in [6, 6.07) is 13.2. The molecule has 1 N–H and O–H groups in total. The Balaban J connectivity index is 1.41. The predicted molar refractivity (Wildman–Crippen MR) is 103 cm³/mol. The molecular weight excluding hydrogens is 346 g/mol. The van der Waals surface area contributed by atoms with E-state index in [1.54, 1.807) is 25.2 Å². The summed E-state index contributed by atoms with van der Waals surface area (Å²) in [5.74, 6) is -0.532. The standard InChI is InChI=1S/C20H21N3O4/c1-22-17-13-15(4-7-18(17)27-20(22)25)21-19(24)12-14-2-5-16(6-3-14)23-8-10-26-11-9-23/h2-7,13H,8-12H2,1H3,(H,21,24). The SMILES string of the molecule is Cn1c(=O)oc2ccc(NC(=O)Cc3ccc(N4CCOCC4)cc3)cc21. The smallest absolute Gasteiger partial charge is 0.408 e. The second-order valence-electron chi connectivity index (χ2n) is 6.60. The van der Waals surface area contributed by atoms with Crippen LogP contribution in [0, 0.1) is 0 Å². The first-order valence-corrected chi connectivity index (χ1v) is 8.91. The maximum absolute atomic E-state index is 12.4. The largest absolute Gasteiger partial charge is 0.419 e. The molecule has 27 heavy (non-hydrogen) atoms. The van der Waals surface area contributed by atoms with Crippen LogP contribution in [0.1, 0.15) is 5.56 Å². The number of carbonyl (C=O) groups excluding carboxylic acids is 1. The van der Waals surface area contributed by atoms with E-state index < -0.39 is 5.76 Å². The number of nitrogens with one attached hydrogen (secondary N) is 1. The Morgan fingerprint density at radius 3 is 2.59 bits per heavy atom. The predicted octanol–water partition coefficient (Wildman–Crippen LogP) is 2.15. The van der Waals surface area contributed by atoms with Gasteiger partial charge in [-0.25, -0.2) is 4.79 Å². The zero-order valence-electron chi connectivity index (χ0n) is 15.1. The number of benzene rings is 2. The van der Waals surface area contributed by atoms with E-state index in [0.717, 1.165) is 37.6 Å². The topological polar surface area (TPSA) is 76.7 Å². The maximum atomic E-state index is 12.4. The second-order valence-corrected chi connectivity index (χ2v) is 6.60. The zero-order chi connectivity index (χ0) is 18.8. The number of ether oxygens (including phenoxy) is 1. The van der Waals surface area contributed by atoms with Crippen molar-refractivity contribution < 1.29 is 13.9 Å². The minimum Gasteiger partial charge on any atom is -0.408 e. The third kappa shape index (κ3) is 3.73. The van der Waals surface area contributed by atoms with Crippen molar-refractivity contribution in [3.8, 4) is 0 Å². The van der Waals surface area contributed by atoms with Gasteiger partial charge in [-0.3, -0.25) is 9.36 Å². The minimum absolute atomic E-state index is 0.109. The van der Waals surface area contributed by atoms with Gasteiger partial charge in [-0.2, -0.15) is 0 Å². The molecule has 0 radical (unpaired) electrons. The summed E-state index contributed by atoms with van der Waals surface area (Å²) in [7, 11) is 1.63. The van der Waals surface area contributed by atoms with Crippen LogP contribution in [-0.2, 0) is 23.0 Å². The van der Waals surface area contributed by atoms with Crippen molar-refractivity contribution in [3.05, 3.63) is 58.6 Å². The van der Waals surface area contributed by atoms with E-state index in [1.165, 1.54) is 4.57 Å². The Hall–Kier alpha value is -3.06. The van der Waals surface area contributed by atoms with Crippen molar-refractivity contribution in [3.63, 3.8) is 0 Å². The van der Waals surface area contributed by atoms with Gasteiger partial charge < -0.3 is 19.4 Å². The van der Waals surface area contributed by atoms with E-state index in [-0.39, 0.29) is 12.3 Å². The van der Waals surface area contributed by atoms with Crippen LogP contribution in [0.5, 0.6) is 0 Å². The molecular formula is C20H21N3O4. The van der Waals surface area contributed by atoms with Crippen LogP contribution < -0.4 is 16.0 Å². The molecule has 2 heterocycles. The molecule has 1 aromatic heterocycles. The van der Waals surface area contributed by atoms with Crippen molar-refractivity contribution >= 4 is 28.4 Å². The number of oxazole rings is 1. The molecule has 7 heteroatoms. The quantitative estimate of drug-likeness (QED) is 0.765. The molecule has 140 valence electrons. The summed E-state index contributed by atoms with van der Waals surface area (Å²) < 4.78 is 11.9. The molecule has 1 aliphatic heterocycles. The first-order valence-electron chi connectivity index (χ1n) is 8.91. The number of carbonyl (C=O) groups is 1. The van der Waals surface area contributed by atoms with Crippen LogP contribution in [0.2, 0.25) is 0 Å². The Labute approximate surface area is 156 Å². The Morgan fingerprint density at radius 2 is 1.85 bits per heavy atom. The molecule has 0 spiro atoms.